The Labute approximate surface area is 176 Å². The summed E-state index contributed by atoms with van der Waals surface area (Å²) in [6, 6.07) is 10.3. The molecule has 1 fully saturated rings. The summed E-state index contributed by atoms with van der Waals surface area (Å²) in [4.78, 5) is 14.3. The fourth-order valence-electron chi connectivity index (χ4n) is 3.56. The van der Waals surface area contributed by atoms with E-state index < -0.39 is 33.5 Å². The number of furan rings is 2. The Morgan fingerprint density at radius 2 is 1.94 bits per heavy atom. The van der Waals surface area contributed by atoms with Gasteiger partial charge in [-0.15, -0.1) is 0 Å². The van der Waals surface area contributed by atoms with Crippen molar-refractivity contribution in [1.29, 1.82) is 0 Å². The van der Waals surface area contributed by atoms with Gasteiger partial charge in [0, 0.05) is 11.6 Å². The number of rotatable bonds is 5. The van der Waals surface area contributed by atoms with Crippen LogP contribution in [0.25, 0.3) is 11.3 Å². The first-order chi connectivity index (χ1) is 14.6. The molecule has 10 heteroatoms. The number of halogens is 3. The highest BCUT2D eigenvalue weighted by atomic mass is 32.2. The Morgan fingerprint density at radius 3 is 2.58 bits per heavy atom. The molecular weight excluding hydrogens is 435 g/mol. The van der Waals surface area contributed by atoms with Gasteiger partial charge >= 0.3 is 6.18 Å². The highest BCUT2D eigenvalue weighted by Crippen LogP contribution is 2.33. The van der Waals surface area contributed by atoms with E-state index in [0.29, 0.717) is 5.76 Å². The second-order valence-electron chi connectivity index (χ2n) is 7.31. The summed E-state index contributed by atoms with van der Waals surface area (Å²) in [6.45, 7) is -0.0430. The molecule has 1 saturated heterocycles. The molecule has 0 aliphatic carbocycles. The van der Waals surface area contributed by atoms with Crippen LogP contribution < -0.4 is 0 Å². The zero-order valence-electron chi connectivity index (χ0n) is 16.1. The number of hydrogen-bond acceptors (Lipinski definition) is 5. The van der Waals surface area contributed by atoms with Crippen LogP contribution in [0.3, 0.4) is 0 Å². The summed E-state index contributed by atoms with van der Waals surface area (Å²) in [7, 11) is -3.25. The SMILES string of the molecule is O=C(c1ccco1)N(Cc1ccc(-c2cccc(C(F)(F)F)c2)o1)[C@H]1CCS(=O)(=O)C1. The average molecular weight is 453 g/mol. The molecule has 1 aliphatic rings. The van der Waals surface area contributed by atoms with Crippen molar-refractivity contribution >= 4 is 15.7 Å². The first-order valence-electron chi connectivity index (χ1n) is 9.44. The molecule has 164 valence electrons. The number of amides is 1. The Balaban J connectivity index is 1.60. The Morgan fingerprint density at radius 1 is 1.13 bits per heavy atom. The van der Waals surface area contributed by atoms with Gasteiger partial charge < -0.3 is 13.7 Å². The molecule has 1 aromatic carbocycles. The quantitative estimate of drug-likeness (QED) is 0.573. The normalized spacial score (nSPS) is 18.2. The van der Waals surface area contributed by atoms with E-state index in [1.807, 2.05) is 0 Å². The molecule has 2 aromatic heterocycles. The third-order valence-electron chi connectivity index (χ3n) is 5.10. The van der Waals surface area contributed by atoms with Crippen molar-refractivity contribution in [2.75, 3.05) is 11.5 Å². The largest absolute Gasteiger partial charge is 0.459 e. The number of carbonyl (C=O) groups excluding carboxylic acids is 1. The van der Waals surface area contributed by atoms with Crippen molar-refractivity contribution in [3.05, 3.63) is 71.9 Å². The van der Waals surface area contributed by atoms with Gasteiger partial charge in [0.15, 0.2) is 15.6 Å². The first kappa shape index (κ1) is 21.2. The van der Waals surface area contributed by atoms with Crippen LogP contribution in [-0.2, 0) is 22.6 Å². The monoisotopic (exact) mass is 453 g/mol. The number of nitrogens with zero attached hydrogens (tertiary/aromatic N) is 1. The third kappa shape index (κ3) is 4.68. The number of alkyl halides is 3. The van der Waals surface area contributed by atoms with Crippen molar-refractivity contribution in [3.8, 4) is 11.3 Å². The van der Waals surface area contributed by atoms with Crippen LogP contribution in [0.5, 0.6) is 0 Å². The van der Waals surface area contributed by atoms with Gasteiger partial charge in [-0.05, 0) is 42.8 Å². The fraction of sp³-hybridized carbons (Fsp3) is 0.286. The molecule has 1 atom stereocenters. The van der Waals surface area contributed by atoms with Crippen LogP contribution in [0, 0.1) is 0 Å². The van der Waals surface area contributed by atoms with Crippen LogP contribution in [0.2, 0.25) is 0 Å². The van der Waals surface area contributed by atoms with Crippen molar-refractivity contribution in [3.63, 3.8) is 0 Å². The summed E-state index contributed by atoms with van der Waals surface area (Å²) in [5, 5.41) is 0. The van der Waals surface area contributed by atoms with E-state index >= 15 is 0 Å². The van der Waals surface area contributed by atoms with E-state index in [0.717, 1.165) is 12.1 Å². The molecule has 0 spiro atoms. The Kier molecular flexibility index (Phi) is 5.42. The van der Waals surface area contributed by atoms with Gasteiger partial charge in [0.25, 0.3) is 5.91 Å². The summed E-state index contributed by atoms with van der Waals surface area (Å²) < 4.78 is 73.7. The van der Waals surface area contributed by atoms with Crippen molar-refractivity contribution in [2.24, 2.45) is 0 Å². The summed E-state index contributed by atoms with van der Waals surface area (Å²) >= 11 is 0. The predicted molar refractivity (Wildman–Crippen MR) is 105 cm³/mol. The van der Waals surface area contributed by atoms with Crippen LogP contribution in [0.4, 0.5) is 13.2 Å². The van der Waals surface area contributed by atoms with E-state index in [1.165, 1.54) is 35.4 Å². The van der Waals surface area contributed by atoms with Gasteiger partial charge in [0.2, 0.25) is 0 Å². The zero-order chi connectivity index (χ0) is 22.2. The first-order valence-corrected chi connectivity index (χ1v) is 11.3. The van der Waals surface area contributed by atoms with Gasteiger partial charge in [-0.3, -0.25) is 4.79 Å². The number of hydrogen-bond donors (Lipinski definition) is 0. The maximum Gasteiger partial charge on any atom is 0.416 e. The Bertz CT molecular complexity index is 1180. The second-order valence-corrected chi connectivity index (χ2v) is 9.54. The smallest absolute Gasteiger partial charge is 0.416 e. The van der Waals surface area contributed by atoms with Gasteiger partial charge in [-0.2, -0.15) is 13.2 Å². The molecule has 0 unspecified atom stereocenters. The van der Waals surface area contributed by atoms with E-state index in [2.05, 4.69) is 0 Å². The van der Waals surface area contributed by atoms with Gasteiger partial charge in [0.05, 0.1) is 29.9 Å². The molecule has 0 N–H and O–H groups in total. The topological polar surface area (TPSA) is 80.7 Å². The molecule has 0 saturated carbocycles. The minimum absolute atomic E-state index is 0.0206. The number of carbonyl (C=O) groups is 1. The molecule has 6 nitrogen and oxygen atoms in total. The number of sulfone groups is 1. The van der Waals surface area contributed by atoms with E-state index in [1.54, 1.807) is 12.1 Å². The summed E-state index contributed by atoms with van der Waals surface area (Å²) in [6.07, 6.45) is -2.85. The highest BCUT2D eigenvalue weighted by Gasteiger charge is 2.36. The standard InChI is InChI=1S/C21H18F3NO5S/c22-21(23,24)15-4-1-3-14(11-15)18-7-6-17(30-18)12-25(16-8-10-31(27,28)13-16)20(26)19-5-2-9-29-19/h1-7,9,11,16H,8,10,12-13H2/t16-/m0/s1. The lowest BCUT2D eigenvalue weighted by Crippen LogP contribution is -2.40. The highest BCUT2D eigenvalue weighted by molar-refractivity contribution is 7.91. The molecule has 4 rings (SSSR count). The Hall–Kier alpha value is -3.01. The molecule has 0 radical (unpaired) electrons. The zero-order valence-corrected chi connectivity index (χ0v) is 16.9. The predicted octanol–water partition coefficient (Wildman–Crippen LogP) is 4.39. The summed E-state index contributed by atoms with van der Waals surface area (Å²) in [5.74, 6) is -0.0753. The van der Waals surface area contributed by atoms with Gasteiger partial charge in [0.1, 0.15) is 11.5 Å². The third-order valence-corrected chi connectivity index (χ3v) is 6.85. The lowest BCUT2D eigenvalue weighted by molar-refractivity contribution is -0.137. The van der Waals surface area contributed by atoms with Gasteiger partial charge in [-0.1, -0.05) is 12.1 Å². The molecule has 1 amide bonds. The molecule has 3 heterocycles. The lowest BCUT2D eigenvalue weighted by atomic mass is 10.1. The van der Waals surface area contributed by atoms with Crippen molar-refractivity contribution in [2.45, 2.75) is 25.2 Å². The van der Waals surface area contributed by atoms with Crippen LogP contribution in [0.15, 0.2) is 63.6 Å². The fourth-order valence-corrected chi connectivity index (χ4v) is 5.30. The second kappa shape index (κ2) is 7.92. The lowest BCUT2D eigenvalue weighted by Gasteiger charge is -2.26. The van der Waals surface area contributed by atoms with Gasteiger partial charge in [-0.25, -0.2) is 8.42 Å². The van der Waals surface area contributed by atoms with E-state index in [9.17, 15) is 26.4 Å². The van der Waals surface area contributed by atoms with Crippen molar-refractivity contribution in [1.82, 2.24) is 4.90 Å². The molecule has 0 bridgehead atoms. The van der Waals surface area contributed by atoms with Crippen molar-refractivity contribution < 1.29 is 35.2 Å². The maximum atomic E-state index is 13.0. The van der Waals surface area contributed by atoms with E-state index in [4.69, 9.17) is 8.83 Å². The maximum absolute atomic E-state index is 13.0. The molecule has 31 heavy (non-hydrogen) atoms. The minimum atomic E-state index is -4.48. The van der Waals surface area contributed by atoms with Crippen LogP contribution in [0.1, 0.15) is 28.3 Å². The minimum Gasteiger partial charge on any atom is -0.459 e. The molecule has 3 aromatic rings. The van der Waals surface area contributed by atoms with Crippen LogP contribution >= 0.6 is 0 Å². The average Bonchev–Trinajstić information content (AvgIpc) is 3.46. The summed E-state index contributed by atoms with van der Waals surface area (Å²) in [5.41, 5.74) is -0.554. The molecule has 1 aliphatic heterocycles. The van der Waals surface area contributed by atoms with E-state index in [-0.39, 0.29) is 41.6 Å². The molecular formula is C21H18F3NO5S. The van der Waals surface area contributed by atoms with Crippen LogP contribution in [-0.4, -0.2) is 36.8 Å². The number of benzene rings is 1.